The lowest BCUT2D eigenvalue weighted by atomic mass is 9.60. The highest BCUT2D eigenvalue weighted by Gasteiger charge is 2.52. The normalized spacial score (nSPS) is 16.8. The van der Waals surface area contributed by atoms with Crippen LogP contribution in [0.1, 0.15) is 74.9 Å². The summed E-state index contributed by atoms with van der Waals surface area (Å²) in [7, 11) is 0. The van der Waals surface area contributed by atoms with Gasteiger partial charge in [0.15, 0.2) is 0 Å². The number of halogens is 2. The molecule has 6 aromatic carbocycles. The molecule has 9 rings (SSSR count). The number of hydrogen-bond donors (Lipinski definition) is 0. The maximum Gasteiger partial charge on any atom is 0.123 e. The average molecular weight is 630 g/mol. The second-order valence-electron chi connectivity index (χ2n) is 15.4. The number of benzene rings is 6. The smallest absolute Gasteiger partial charge is 0.123 e. The molecule has 0 fully saturated rings. The second-order valence-corrected chi connectivity index (χ2v) is 15.4. The van der Waals surface area contributed by atoms with E-state index in [1.807, 2.05) is 24.3 Å². The quantitative estimate of drug-likeness (QED) is 0.188. The van der Waals surface area contributed by atoms with Crippen LogP contribution in [-0.4, -0.2) is 0 Å². The van der Waals surface area contributed by atoms with Crippen LogP contribution in [0, 0.1) is 11.6 Å². The Morgan fingerprint density at radius 1 is 0.354 bits per heavy atom. The van der Waals surface area contributed by atoms with E-state index in [0.717, 1.165) is 22.3 Å². The van der Waals surface area contributed by atoms with Gasteiger partial charge in [0.25, 0.3) is 0 Å². The van der Waals surface area contributed by atoms with Crippen LogP contribution in [-0.2, 0) is 16.2 Å². The van der Waals surface area contributed by atoms with Gasteiger partial charge < -0.3 is 4.90 Å². The van der Waals surface area contributed by atoms with Crippen molar-refractivity contribution in [1.29, 1.82) is 0 Å². The third kappa shape index (κ3) is 3.82. The Kier molecular flexibility index (Phi) is 5.79. The van der Waals surface area contributed by atoms with Gasteiger partial charge in [-0.2, -0.15) is 0 Å². The largest absolute Gasteiger partial charge is 0.309 e. The van der Waals surface area contributed by atoms with Gasteiger partial charge in [0.05, 0.1) is 17.1 Å². The first kappa shape index (κ1) is 29.1. The van der Waals surface area contributed by atoms with Crippen molar-refractivity contribution in [1.82, 2.24) is 0 Å². The molecule has 0 amide bonds. The van der Waals surface area contributed by atoms with Crippen molar-refractivity contribution in [2.24, 2.45) is 0 Å². The molecule has 236 valence electrons. The van der Waals surface area contributed by atoms with Gasteiger partial charge in [0.2, 0.25) is 0 Å². The number of nitrogens with zero attached hydrogens (tertiary/aromatic N) is 1. The van der Waals surface area contributed by atoms with Crippen molar-refractivity contribution in [3.05, 3.63) is 160 Å². The van der Waals surface area contributed by atoms with Gasteiger partial charge in [0, 0.05) is 16.2 Å². The van der Waals surface area contributed by atoms with Gasteiger partial charge in [-0.1, -0.05) is 96.1 Å². The Bertz CT molecular complexity index is 2170. The third-order valence-electron chi connectivity index (χ3n) is 11.5. The fourth-order valence-electron chi connectivity index (χ4n) is 8.67. The summed E-state index contributed by atoms with van der Waals surface area (Å²) in [6.07, 6.45) is 0. The van der Waals surface area contributed by atoms with Crippen molar-refractivity contribution in [2.45, 2.75) is 57.8 Å². The summed E-state index contributed by atoms with van der Waals surface area (Å²) in [5.74, 6) is -0.473. The van der Waals surface area contributed by atoms with E-state index in [-0.39, 0.29) is 27.9 Å². The number of anilines is 3. The van der Waals surface area contributed by atoms with Crippen LogP contribution >= 0.6 is 0 Å². The molecule has 0 radical (unpaired) electrons. The van der Waals surface area contributed by atoms with Crippen molar-refractivity contribution in [3.8, 4) is 33.4 Å². The lowest BCUT2D eigenvalue weighted by Gasteiger charge is -2.55. The van der Waals surface area contributed by atoms with E-state index >= 15 is 0 Å². The summed E-state index contributed by atoms with van der Waals surface area (Å²) in [5, 5.41) is 0. The molecule has 0 N–H and O–H groups in total. The van der Waals surface area contributed by atoms with Crippen LogP contribution in [0.3, 0.4) is 0 Å². The molecule has 6 aromatic rings. The first-order valence-electron chi connectivity index (χ1n) is 16.8. The van der Waals surface area contributed by atoms with Gasteiger partial charge in [-0.3, -0.25) is 0 Å². The van der Waals surface area contributed by atoms with Gasteiger partial charge in [-0.05, 0) is 127 Å². The van der Waals surface area contributed by atoms with Crippen LogP contribution in [0.5, 0.6) is 0 Å². The fourth-order valence-corrected chi connectivity index (χ4v) is 8.67. The fraction of sp³-hybridized carbons (Fsp3) is 0.200. The van der Waals surface area contributed by atoms with Crippen molar-refractivity contribution < 1.29 is 8.78 Å². The zero-order valence-electron chi connectivity index (χ0n) is 28.2. The Labute approximate surface area is 281 Å². The highest BCUT2D eigenvalue weighted by Crippen LogP contribution is 2.67. The van der Waals surface area contributed by atoms with Crippen LogP contribution in [0.15, 0.2) is 115 Å². The molecule has 0 saturated carbocycles. The average Bonchev–Trinajstić information content (AvgIpc) is 3.08. The molecule has 0 atom stereocenters. The minimum Gasteiger partial charge on any atom is -0.309 e. The van der Waals surface area contributed by atoms with Crippen molar-refractivity contribution in [3.63, 3.8) is 0 Å². The predicted molar refractivity (Wildman–Crippen MR) is 194 cm³/mol. The highest BCUT2D eigenvalue weighted by molar-refractivity contribution is 6.01. The summed E-state index contributed by atoms with van der Waals surface area (Å²) >= 11 is 0. The van der Waals surface area contributed by atoms with E-state index in [0.29, 0.717) is 0 Å². The summed E-state index contributed by atoms with van der Waals surface area (Å²) in [6.45, 7) is 14.1. The first-order chi connectivity index (χ1) is 22.9. The Morgan fingerprint density at radius 3 is 0.917 bits per heavy atom. The summed E-state index contributed by atoms with van der Waals surface area (Å²) in [4.78, 5) is 2.57. The van der Waals surface area contributed by atoms with Gasteiger partial charge in [-0.25, -0.2) is 8.78 Å². The maximum atomic E-state index is 14.1. The van der Waals surface area contributed by atoms with Crippen LogP contribution in [0.25, 0.3) is 33.4 Å². The van der Waals surface area contributed by atoms with E-state index < -0.39 is 0 Å². The van der Waals surface area contributed by atoms with Crippen molar-refractivity contribution >= 4 is 17.1 Å². The SMILES string of the molecule is CC1(C)c2cc(-c3ccccc3)cc3c2N2c4c1cc(-c1ccc(F)cc1)cc4C(C)(C)c1cc(-c4ccc(F)cc4)cc(c12)C3(C)C. The lowest BCUT2D eigenvalue weighted by Crippen LogP contribution is -2.43. The van der Waals surface area contributed by atoms with E-state index in [1.54, 1.807) is 24.3 Å². The topological polar surface area (TPSA) is 3.24 Å². The predicted octanol–water partition coefficient (Wildman–Crippen LogP) is 12.4. The Hall–Kier alpha value is -5.02. The summed E-state index contributed by atoms with van der Waals surface area (Å²) in [5.41, 5.74) is 17.0. The van der Waals surface area contributed by atoms with E-state index in [9.17, 15) is 8.78 Å². The first-order valence-corrected chi connectivity index (χ1v) is 16.8. The third-order valence-corrected chi connectivity index (χ3v) is 11.5. The Balaban J connectivity index is 1.43. The zero-order chi connectivity index (χ0) is 33.3. The molecule has 0 bridgehead atoms. The number of hydrogen-bond acceptors (Lipinski definition) is 1. The van der Waals surface area contributed by atoms with Gasteiger partial charge in [0.1, 0.15) is 11.6 Å². The molecule has 3 aliphatic heterocycles. The van der Waals surface area contributed by atoms with E-state index in [2.05, 4.69) is 113 Å². The maximum absolute atomic E-state index is 14.1. The lowest BCUT2D eigenvalue weighted by molar-refractivity contribution is 0.567. The molecule has 3 aliphatic rings. The molecular weight excluding hydrogens is 592 g/mol. The van der Waals surface area contributed by atoms with Crippen LogP contribution in [0.2, 0.25) is 0 Å². The van der Waals surface area contributed by atoms with Gasteiger partial charge in [-0.15, -0.1) is 0 Å². The molecule has 1 nitrogen and oxygen atoms in total. The van der Waals surface area contributed by atoms with E-state index in [1.165, 1.54) is 61.6 Å². The standard InChI is InChI=1S/C45H37F2N/c1-43(2)34-20-29(26-10-8-7-9-11-26)21-35-40(34)48-41-36(43)22-30(27-12-16-32(46)17-13-27)24-38(41)45(5,6)39-25-31(28-14-18-33(47)19-15-28)23-37(42(39)48)44(35,3)4/h7-25H,1-6H3. The molecule has 0 aliphatic carbocycles. The molecule has 3 heterocycles. The van der Waals surface area contributed by atoms with E-state index in [4.69, 9.17) is 0 Å². The van der Waals surface area contributed by atoms with Gasteiger partial charge >= 0.3 is 0 Å². The summed E-state index contributed by atoms with van der Waals surface area (Å²) < 4.78 is 28.2. The van der Waals surface area contributed by atoms with Crippen LogP contribution in [0.4, 0.5) is 25.8 Å². The highest BCUT2D eigenvalue weighted by atomic mass is 19.1. The monoisotopic (exact) mass is 629 g/mol. The number of rotatable bonds is 3. The molecule has 3 heteroatoms. The van der Waals surface area contributed by atoms with Crippen molar-refractivity contribution in [2.75, 3.05) is 4.90 Å². The molecule has 0 aromatic heterocycles. The summed E-state index contributed by atoms with van der Waals surface area (Å²) in [6, 6.07) is 38.6. The molecular formula is C45H37F2N. The molecule has 0 spiro atoms. The minimum absolute atomic E-state index is 0.237. The second kappa shape index (κ2) is 9.54. The molecule has 0 unspecified atom stereocenters. The molecule has 48 heavy (non-hydrogen) atoms. The molecule has 0 saturated heterocycles. The Morgan fingerprint density at radius 2 is 0.625 bits per heavy atom. The zero-order valence-corrected chi connectivity index (χ0v) is 28.2. The van der Waals surface area contributed by atoms with Crippen LogP contribution < -0.4 is 4.90 Å². The minimum atomic E-state index is -0.359.